The Balaban J connectivity index is 1.29. The van der Waals surface area contributed by atoms with Crippen molar-refractivity contribution in [1.29, 1.82) is 0 Å². The van der Waals surface area contributed by atoms with Crippen LogP contribution in [0, 0.1) is 12.8 Å². The van der Waals surface area contributed by atoms with Crippen LogP contribution in [0.25, 0.3) is 10.2 Å². The first-order valence-corrected chi connectivity index (χ1v) is 12.1. The fourth-order valence-corrected chi connectivity index (χ4v) is 5.49. The summed E-state index contributed by atoms with van der Waals surface area (Å²) in [7, 11) is 2.19. The molecule has 0 radical (unpaired) electrons. The minimum absolute atomic E-state index is 0.123. The van der Waals surface area contributed by atoms with E-state index >= 15 is 0 Å². The number of nitrogens with one attached hydrogen (secondary N) is 1. The van der Waals surface area contributed by atoms with Gasteiger partial charge >= 0.3 is 0 Å². The van der Waals surface area contributed by atoms with Crippen LogP contribution in [0.5, 0.6) is 0 Å². The summed E-state index contributed by atoms with van der Waals surface area (Å²) < 4.78 is 0. The van der Waals surface area contributed by atoms with E-state index in [1.165, 1.54) is 54.7 Å². The Bertz CT molecular complexity index is 1040. The molecule has 4 rings (SSSR count). The van der Waals surface area contributed by atoms with Gasteiger partial charge < -0.3 is 16.0 Å². The van der Waals surface area contributed by atoms with E-state index in [9.17, 15) is 4.79 Å². The first-order valence-electron chi connectivity index (χ1n) is 11.2. The molecule has 1 aliphatic rings. The lowest BCUT2D eigenvalue weighted by molar-refractivity contribution is 0.0959. The number of aromatic nitrogens is 1. The van der Waals surface area contributed by atoms with E-state index in [4.69, 9.17) is 5.73 Å². The van der Waals surface area contributed by atoms with Crippen LogP contribution < -0.4 is 16.0 Å². The Kier molecular flexibility index (Phi) is 6.76. The molecule has 0 aliphatic heterocycles. The Labute approximate surface area is 188 Å². The van der Waals surface area contributed by atoms with Crippen molar-refractivity contribution in [1.82, 2.24) is 10.3 Å². The number of hydrogen-bond acceptors (Lipinski definition) is 5. The molecule has 31 heavy (non-hydrogen) atoms. The third-order valence-corrected chi connectivity index (χ3v) is 7.39. The molecule has 3 N–H and O–H groups in total. The summed E-state index contributed by atoms with van der Waals surface area (Å²) in [5, 5.41) is 3.86. The number of fused-ring (bicyclic) bond motifs is 1. The average molecular weight is 437 g/mol. The number of rotatable bonds is 7. The van der Waals surface area contributed by atoms with Crippen LogP contribution in [0.15, 0.2) is 36.4 Å². The van der Waals surface area contributed by atoms with Gasteiger partial charge in [0.2, 0.25) is 0 Å². The Morgan fingerprint density at radius 3 is 2.65 bits per heavy atom. The van der Waals surface area contributed by atoms with Crippen molar-refractivity contribution in [3.8, 4) is 0 Å². The average Bonchev–Trinajstić information content (AvgIpc) is 3.10. The number of hydrogen-bond donors (Lipinski definition) is 2. The maximum Gasteiger partial charge on any atom is 0.263 e. The van der Waals surface area contributed by atoms with Gasteiger partial charge in [-0.2, -0.15) is 0 Å². The molecule has 6 heteroatoms. The number of benzene rings is 1. The fourth-order valence-electron chi connectivity index (χ4n) is 4.44. The first kappa shape index (κ1) is 21.6. The van der Waals surface area contributed by atoms with Crippen molar-refractivity contribution < 1.29 is 4.79 Å². The zero-order chi connectivity index (χ0) is 21.8. The monoisotopic (exact) mass is 436 g/mol. The maximum atomic E-state index is 12.6. The van der Waals surface area contributed by atoms with Crippen LogP contribution in [0.1, 0.15) is 53.0 Å². The Morgan fingerprint density at radius 1 is 1.16 bits per heavy atom. The van der Waals surface area contributed by atoms with Gasteiger partial charge in [-0.15, -0.1) is 11.3 Å². The number of aryl methyl sites for hydroxylation is 1. The van der Waals surface area contributed by atoms with Gasteiger partial charge in [-0.05, 0) is 61.9 Å². The molecule has 2 aromatic heterocycles. The number of carbonyl (C=O) groups is 1. The molecule has 0 spiro atoms. The van der Waals surface area contributed by atoms with Crippen molar-refractivity contribution in [2.45, 2.75) is 45.4 Å². The SMILES string of the molecule is Cc1ccc2c(N)c(C(=O)NCCc3ccc(N(C)CC4CCCCC4)cc3)sc2n1. The van der Waals surface area contributed by atoms with Gasteiger partial charge in [-0.1, -0.05) is 31.4 Å². The summed E-state index contributed by atoms with van der Waals surface area (Å²) in [6.45, 7) is 3.66. The second kappa shape index (κ2) is 9.69. The zero-order valence-electron chi connectivity index (χ0n) is 18.5. The van der Waals surface area contributed by atoms with Crippen LogP contribution in [-0.4, -0.2) is 31.0 Å². The summed E-state index contributed by atoms with van der Waals surface area (Å²) >= 11 is 1.36. The highest BCUT2D eigenvalue weighted by Crippen LogP contribution is 2.32. The van der Waals surface area contributed by atoms with Crippen LogP contribution in [0.4, 0.5) is 11.4 Å². The lowest BCUT2D eigenvalue weighted by atomic mass is 9.89. The molecule has 0 bridgehead atoms. The summed E-state index contributed by atoms with van der Waals surface area (Å²) in [5.74, 6) is 0.705. The van der Waals surface area contributed by atoms with Crippen LogP contribution in [-0.2, 0) is 6.42 Å². The van der Waals surface area contributed by atoms with E-state index in [1.807, 2.05) is 19.1 Å². The van der Waals surface area contributed by atoms with Crippen molar-refractivity contribution in [2.75, 3.05) is 30.8 Å². The van der Waals surface area contributed by atoms with Gasteiger partial charge in [0.1, 0.15) is 9.71 Å². The smallest absolute Gasteiger partial charge is 0.263 e. The minimum Gasteiger partial charge on any atom is -0.397 e. The lowest BCUT2D eigenvalue weighted by Crippen LogP contribution is -2.27. The van der Waals surface area contributed by atoms with Gasteiger partial charge in [-0.25, -0.2) is 4.98 Å². The van der Waals surface area contributed by atoms with E-state index < -0.39 is 0 Å². The predicted octanol–water partition coefficient (Wildman–Crippen LogP) is 5.18. The molecule has 164 valence electrons. The molecule has 0 saturated heterocycles. The number of anilines is 2. The predicted molar refractivity (Wildman–Crippen MR) is 131 cm³/mol. The molecule has 1 aliphatic carbocycles. The molecule has 1 fully saturated rings. The van der Waals surface area contributed by atoms with Crippen LogP contribution in [0.2, 0.25) is 0 Å². The summed E-state index contributed by atoms with van der Waals surface area (Å²) in [6.07, 6.45) is 7.68. The summed E-state index contributed by atoms with van der Waals surface area (Å²) in [4.78, 5) is 20.8. The van der Waals surface area contributed by atoms with Crippen molar-refractivity contribution in [3.63, 3.8) is 0 Å². The molecule has 1 aromatic carbocycles. The van der Waals surface area contributed by atoms with Gasteiger partial charge in [0.25, 0.3) is 5.91 Å². The number of nitrogens with two attached hydrogens (primary N) is 1. The normalized spacial score (nSPS) is 14.6. The van der Waals surface area contributed by atoms with Crippen LogP contribution in [0.3, 0.4) is 0 Å². The van der Waals surface area contributed by atoms with Gasteiger partial charge in [0.15, 0.2) is 0 Å². The second-order valence-corrected chi connectivity index (χ2v) is 9.71. The maximum absolute atomic E-state index is 12.6. The molecule has 0 unspecified atom stereocenters. The van der Waals surface area contributed by atoms with Crippen LogP contribution >= 0.6 is 11.3 Å². The minimum atomic E-state index is -0.123. The quantitative estimate of drug-likeness (QED) is 0.536. The number of amides is 1. The number of nitrogen functional groups attached to an aromatic ring is 1. The lowest BCUT2D eigenvalue weighted by Gasteiger charge is -2.28. The van der Waals surface area contributed by atoms with Gasteiger partial charge in [-0.3, -0.25) is 4.79 Å². The molecule has 1 amide bonds. The number of thiophene rings is 1. The third kappa shape index (κ3) is 5.18. The van der Waals surface area contributed by atoms with Crippen molar-refractivity contribution in [2.24, 2.45) is 5.92 Å². The highest BCUT2D eigenvalue weighted by atomic mass is 32.1. The summed E-state index contributed by atoms with van der Waals surface area (Å²) in [5.41, 5.74) is 10.1. The largest absolute Gasteiger partial charge is 0.397 e. The van der Waals surface area contributed by atoms with Gasteiger partial charge in [0.05, 0.1) is 5.69 Å². The molecular formula is C25H32N4OS. The van der Waals surface area contributed by atoms with E-state index in [0.29, 0.717) is 17.1 Å². The topological polar surface area (TPSA) is 71.2 Å². The highest BCUT2D eigenvalue weighted by molar-refractivity contribution is 7.21. The van der Waals surface area contributed by atoms with E-state index in [0.717, 1.165) is 34.8 Å². The zero-order valence-corrected chi connectivity index (χ0v) is 19.3. The molecule has 1 saturated carbocycles. The van der Waals surface area contributed by atoms with E-state index in [-0.39, 0.29) is 5.91 Å². The van der Waals surface area contributed by atoms with Crippen molar-refractivity contribution >= 4 is 38.8 Å². The second-order valence-electron chi connectivity index (χ2n) is 8.71. The van der Waals surface area contributed by atoms with E-state index in [2.05, 4.69) is 46.5 Å². The highest BCUT2D eigenvalue weighted by Gasteiger charge is 2.17. The molecule has 0 atom stereocenters. The number of nitrogens with zero attached hydrogens (tertiary/aromatic N) is 2. The third-order valence-electron chi connectivity index (χ3n) is 6.27. The first-order chi connectivity index (χ1) is 15.0. The molecular weight excluding hydrogens is 404 g/mol. The van der Waals surface area contributed by atoms with Gasteiger partial charge in [0, 0.05) is 36.9 Å². The number of carbonyl (C=O) groups excluding carboxylic acids is 1. The number of pyridine rings is 1. The van der Waals surface area contributed by atoms with E-state index in [1.54, 1.807) is 0 Å². The molecule has 5 nitrogen and oxygen atoms in total. The Morgan fingerprint density at radius 2 is 1.90 bits per heavy atom. The fraction of sp³-hybridized carbons (Fsp3) is 0.440. The Hall–Kier alpha value is -2.60. The standard InChI is InChI=1S/C25H32N4OS/c1-17-8-13-21-22(26)23(31-25(21)28-17)24(30)27-15-14-18-9-11-20(12-10-18)29(2)16-19-6-4-3-5-7-19/h8-13,19H,3-7,14-16,26H2,1-2H3,(H,27,30). The molecule has 3 aromatic rings. The van der Waals surface area contributed by atoms with Crippen molar-refractivity contribution in [3.05, 3.63) is 52.5 Å². The molecule has 2 heterocycles. The summed E-state index contributed by atoms with van der Waals surface area (Å²) in [6, 6.07) is 12.6.